The lowest BCUT2D eigenvalue weighted by Crippen LogP contribution is -2.21. The lowest BCUT2D eigenvalue weighted by atomic mass is 10.1. The van der Waals surface area contributed by atoms with Gasteiger partial charge < -0.3 is 15.4 Å². The summed E-state index contributed by atoms with van der Waals surface area (Å²) in [5.74, 6) is 0.805. The van der Waals surface area contributed by atoms with Crippen LogP contribution >= 0.6 is 0 Å². The highest BCUT2D eigenvalue weighted by atomic mass is 16.5. The number of aryl methyl sites for hydroxylation is 1. The third kappa shape index (κ3) is 3.47. The number of pyridine rings is 1. The zero-order chi connectivity index (χ0) is 12.8. The second-order valence-electron chi connectivity index (χ2n) is 4.52. The number of ether oxygens (including phenoxy) is 1. The van der Waals surface area contributed by atoms with Crippen LogP contribution in [0, 0.1) is 6.92 Å². The van der Waals surface area contributed by atoms with Crippen LogP contribution in [0.2, 0.25) is 0 Å². The molecule has 4 nitrogen and oxygen atoms in total. The molecule has 0 saturated carbocycles. The summed E-state index contributed by atoms with van der Waals surface area (Å²) in [5.41, 5.74) is 3.56. The molecule has 0 spiro atoms. The molecule has 0 radical (unpaired) electrons. The van der Waals surface area contributed by atoms with Gasteiger partial charge in [-0.05, 0) is 32.4 Å². The van der Waals surface area contributed by atoms with Crippen molar-refractivity contribution in [3.8, 4) is 5.75 Å². The van der Waals surface area contributed by atoms with E-state index in [1.54, 1.807) is 13.3 Å². The number of hydrogen-bond acceptors (Lipinski definition) is 4. The fourth-order valence-electron chi connectivity index (χ4n) is 2.10. The van der Waals surface area contributed by atoms with Gasteiger partial charge in [0.1, 0.15) is 0 Å². The first-order valence-electron chi connectivity index (χ1n) is 6.42. The maximum absolute atomic E-state index is 5.29. The minimum Gasteiger partial charge on any atom is -0.493 e. The Kier molecular flexibility index (Phi) is 4.59. The average molecular weight is 247 g/mol. The molecule has 0 atom stereocenters. The van der Waals surface area contributed by atoms with Crippen LogP contribution in [0.4, 0.5) is 5.69 Å². The maximum atomic E-state index is 5.29. The second kappa shape index (κ2) is 6.40. The van der Waals surface area contributed by atoms with Crippen molar-refractivity contribution >= 4 is 5.69 Å². The maximum Gasteiger partial charge on any atom is 0.160 e. The molecule has 1 aliphatic heterocycles. The van der Waals surface area contributed by atoms with E-state index in [-0.39, 0.29) is 0 Å². The average Bonchev–Trinajstić information content (AvgIpc) is 2.40. The normalized spacial score (nSPS) is 15.1. The predicted octanol–water partition coefficient (Wildman–Crippen LogP) is 2.12. The van der Waals surface area contributed by atoms with E-state index in [0.717, 1.165) is 49.6 Å². The van der Waals surface area contributed by atoms with Gasteiger partial charge in [-0.3, -0.25) is 4.98 Å². The summed E-state index contributed by atoms with van der Waals surface area (Å²) < 4.78 is 5.29. The highest BCUT2D eigenvalue weighted by Gasteiger charge is 2.05. The van der Waals surface area contributed by atoms with E-state index in [1.807, 2.05) is 13.0 Å². The Balaban J connectivity index is 1.89. The van der Waals surface area contributed by atoms with E-state index in [9.17, 15) is 0 Å². The number of methoxy groups -OCH3 is 1. The zero-order valence-electron chi connectivity index (χ0n) is 11.1. The standard InChI is InChI=1S/C14H21N3O/c1-11-9-13(14(18-2)10-17-11)16-8-5-12-3-6-15-7-4-12/h3,9-10,15H,4-8H2,1-2H3,(H,16,17). The number of hydrogen-bond donors (Lipinski definition) is 2. The summed E-state index contributed by atoms with van der Waals surface area (Å²) in [6.07, 6.45) is 6.31. The first kappa shape index (κ1) is 12.9. The van der Waals surface area contributed by atoms with E-state index in [0.29, 0.717) is 0 Å². The summed E-state index contributed by atoms with van der Waals surface area (Å²) in [7, 11) is 1.67. The zero-order valence-corrected chi connectivity index (χ0v) is 11.1. The van der Waals surface area contributed by atoms with E-state index in [1.165, 1.54) is 5.57 Å². The first-order chi connectivity index (χ1) is 8.79. The van der Waals surface area contributed by atoms with Crippen molar-refractivity contribution in [3.63, 3.8) is 0 Å². The lowest BCUT2D eigenvalue weighted by molar-refractivity contribution is 0.414. The van der Waals surface area contributed by atoms with Crippen LogP contribution in [-0.4, -0.2) is 31.7 Å². The molecule has 18 heavy (non-hydrogen) atoms. The van der Waals surface area contributed by atoms with Gasteiger partial charge in [-0.2, -0.15) is 0 Å². The van der Waals surface area contributed by atoms with Crippen molar-refractivity contribution in [2.75, 3.05) is 32.1 Å². The van der Waals surface area contributed by atoms with Gasteiger partial charge in [-0.25, -0.2) is 0 Å². The Hall–Kier alpha value is -1.55. The Bertz CT molecular complexity index is 429. The quantitative estimate of drug-likeness (QED) is 0.782. The molecule has 4 heteroatoms. The monoisotopic (exact) mass is 247 g/mol. The van der Waals surface area contributed by atoms with Crippen molar-refractivity contribution in [1.82, 2.24) is 10.3 Å². The second-order valence-corrected chi connectivity index (χ2v) is 4.52. The summed E-state index contributed by atoms with van der Waals surface area (Å²) in [4.78, 5) is 4.22. The molecule has 1 aromatic rings. The molecule has 2 heterocycles. The van der Waals surface area contributed by atoms with Crippen molar-refractivity contribution in [3.05, 3.63) is 29.6 Å². The Morgan fingerprint density at radius 1 is 1.50 bits per heavy atom. The minimum absolute atomic E-state index is 0.805. The molecule has 0 saturated heterocycles. The van der Waals surface area contributed by atoms with Crippen molar-refractivity contribution in [2.45, 2.75) is 19.8 Å². The minimum atomic E-state index is 0.805. The van der Waals surface area contributed by atoms with Crippen molar-refractivity contribution in [1.29, 1.82) is 0 Å². The van der Waals surface area contributed by atoms with E-state index >= 15 is 0 Å². The highest BCUT2D eigenvalue weighted by molar-refractivity contribution is 5.55. The molecular weight excluding hydrogens is 226 g/mol. The summed E-state index contributed by atoms with van der Waals surface area (Å²) in [6, 6.07) is 2.02. The van der Waals surface area contributed by atoms with E-state index in [2.05, 4.69) is 21.7 Å². The highest BCUT2D eigenvalue weighted by Crippen LogP contribution is 2.23. The third-order valence-corrected chi connectivity index (χ3v) is 3.14. The first-order valence-corrected chi connectivity index (χ1v) is 6.42. The Labute approximate surface area is 108 Å². The molecular formula is C14H21N3O. The largest absolute Gasteiger partial charge is 0.493 e. The Morgan fingerprint density at radius 2 is 2.39 bits per heavy atom. The number of anilines is 1. The van der Waals surface area contributed by atoms with E-state index in [4.69, 9.17) is 4.74 Å². The summed E-state index contributed by atoms with van der Waals surface area (Å²) in [6.45, 7) is 5.03. The summed E-state index contributed by atoms with van der Waals surface area (Å²) in [5, 5.41) is 6.75. The molecule has 0 aromatic carbocycles. The molecule has 98 valence electrons. The number of nitrogens with one attached hydrogen (secondary N) is 2. The number of aromatic nitrogens is 1. The molecule has 0 unspecified atom stereocenters. The van der Waals surface area contributed by atoms with Crippen LogP contribution in [0.1, 0.15) is 18.5 Å². The molecule has 0 amide bonds. The molecule has 1 aliphatic rings. The fourth-order valence-corrected chi connectivity index (χ4v) is 2.10. The number of rotatable bonds is 5. The fraction of sp³-hybridized carbons (Fsp3) is 0.500. The van der Waals surface area contributed by atoms with Crippen LogP contribution in [0.5, 0.6) is 5.75 Å². The molecule has 2 rings (SSSR count). The molecule has 1 aromatic heterocycles. The van der Waals surface area contributed by atoms with Gasteiger partial charge in [-0.15, -0.1) is 0 Å². The van der Waals surface area contributed by atoms with Gasteiger partial charge in [0, 0.05) is 18.8 Å². The lowest BCUT2D eigenvalue weighted by Gasteiger charge is -2.15. The topological polar surface area (TPSA) is 46.2 Å². The third-order valence-electron chi connectivity index (χ3n) is 3.14. The predicted molar refractivity (Wildman–Crippen MR) is 74.2 cm³/mol. The van der Waals surface area contributed by atoms with Gasteiger partial charge >= 0.3 is 0 Å². The van der Waals surface area contributed by atoms with Gasteiger partial charge in [-0.1, -0.05) is 11.6 Å². The van der Waals surface area contributed by atoms with Crippen LogP contribution in [-0.2, 0) is 0 Å². The van der Waals surface area contributed by atoms with Gasteiger partial charge in [0.2, 0.25) is 0 Å². The smallest absolute Gasteiger partial charge is 0.160 e. The van der Waals surface area contributed by atoms with Crippen LogP contribution in [0.15, 0.2) is 23.9 Å². The van der Waals surface area contributed by atoms with Gasteiger partial charge in [0.05, 0.1) is 19.0 Å². The molecule has 2 N–H and O–H groups in total. The van der Waals surface area contributed by atoms with Crippen LogP contribution in [0.3, 0.4) is 0 Å². The Morgan fingerprint density at radius 3 is 3.11 bits per heavy atom. The van der Waals surface area contributed by atoms with Crippen LogP contribution in [0.25, 0.3) is 0 Å². The SMILES string of the molecule is COc1cnc(C)cc1NCCC1=CCNCC1. The number of nitrogens with zero attached hydrogens (tertiary/aromatic N) is 1. The van der Waals surface area contributed by atoms with Gasteiger partial charge in [0.25, 0.3) is 0 Å². The van der Waals surface area contributed by atoms with Crippen molar-refractivity contribution < 1.29 is 4.74 Å². The van der Waals surface area contributed by atoms with E-state index < -0.39 is 0 Å². The summed E-state index contributed by atoms with van der Waals surface area (Å²) >= 11 is 0. The molecule has 0 bridgehead atoms. The molecule has 0 fully saturated rings. The van der Waals surface area contributed by atoms with Crippen LogP contribution < -0.4 is 15.4 Å². The van der Waals surface area contributed by atoms with Crippen molar-refractivity contribution in [2.24, 2.45) is 0 Å². The van der Waals surface area contributed by atoms with Gasteiger partial charge in [0.15, 0.2) is 5.75 Å². The molecule has 0 aliphatic carbocycles.